The molecule has 15 nitrogen and oxygen atoms in total. The van der Waals surface area contributed by atoms with Gasteiger partial charge in [-0.2, -0.15) is 0 Å². The van der Waals surface area contributed by atoms with Gasteiger partial charge < -0.3 is 53.2 Å². The lowest BCUT2D eigenvalue weighted by atomic mass is 9.81. The maximum Gasteiger partial charge on any atom is 0.329 e. The Kier molecular flexibility index (Phi) is 19.0. The molecule has 4 heterocycles. The van der Waals surface area contributed by atoms with Crippen molar-refractivity contribution in [2.45, 2.75) is 173 Å². The van der Waals surface area contributed by atoms with Gasteiger partial charge in [-0.3, -0.25) is 14.4 Å². The van der Waals surface area contributed by atoms with Crippen molar-refractivity contribution in [2.24, 2.45) is 29.6 Å². The van der Waals surface area contributed by atoms with E-state index in [1.54, 1.807) is 34.0 Å². The fraction of sp³-hybridized carbons (Fsp3) is 0.621. The molecular formula is C58H80N2O13. The summed E-state index contributed by atoms with van der Waals surface area (Å²) in [5, 5.41) is 36.8. The molecule has 73 heavy (non-hydrogen) atoms. The number of rotatable bonds is 10. The second kappa shape index (κ2) is 24.7. The van der Waals surface area contributed by atoms with Crippen LogP contribution in [0.25, 0.3) is 10.9 Å². The largest absolute Gasteiger partial charge is 0.488 e. The van der Waals surface area contributed by atoms with E-state index < -0.39 is 89.8 Å². The third-order valence-electron chi connectivity index (χ3n) is 16.4. The van der Waals surface area contributed by atoms with Crippen LogP contribution in [0.5, 0.6) is 5.75 Å². The van der Waals surface area contributed by atoms with Crippen LogP contribution >= 0.6 is 0 Å². The molecule has 0 radical (unpaired) electrons. The number of allylic oxidation sites excluding steroid dienone is 2. The number of ether oxygens (including phenoxy) is 6. The third kappa shape index (κ3) is 12.7. The summed E-state index contributed by atoms with van der Waals surface area (Å²) in [6.45, 7) is 11.5. The van der Waals surface area contributed by atoms with E-state index in [1.807, 2.05) is 45.0 Å². The number of hydrogen-bond acceptors (Lipinski definition) is 13. The van der Waals surface area contributed by atoms with Gasteiger partial charge in [0, 0.05) is 75.7 Å². The van der Waals surface area contributed by atoms with Crippen LogP contribution in [0.3, 0.4) is 0 Å². The van der Waals surface area contributed by atoms with E-state index in [0.717, 1.165) is 29.6 Å². The number of Topliss-reactive ketones (excluding diaryl/α,β-unsaturated/α-hetero) is 2. The van der Waals surface area contributed by atoms with Gasteiger partial charge >= 0.3 is 5.97 Å². The standard InChI is InChI=1S/C58H80N2O13/c1-10-41-27-34(2)52(63)35(3)28-50(69-8)54-51(70-9)29-37(5)58(67,73-54)55(64)56(65)60-24-15-14-18-45(60)57(66)72-53(38(6)46(61)32-47(41)62)36(4)26-40-19-22-48(49(30-40)68-7)71-43-20-21-44-42(31-43)23-25-59(44)33-39-16-12-11-13-17-39/h11-13,16-17,20-21,23,25-27,31,35,37-38,40-41,45-46,48-54,61,63,67H,10,14-15,18-19,22,24,28-30,32-33H2,1-9H3. The van der Waals surface area contributed by atoms with Crippen LogP contribution in [0.15, 0.2) is 84.1 Å². The first-order valence-corrected chi connectivity index (χ1v) is 26.5. The Morgan fingerprint density at radius 1 is 0.863 bits per heavy atom. The molecule has 2 saturated heterocycles. The number of fused-ring (bicyclic) bond motifs is 4. The minimum atomic E-state index is -2.59. The molecule has 3 N–H and O–H groups in total. The molecular weight excluding hydrogens is 933 g/mol. The Hall–Kier alpha value is -4.74. The molecule has 3 fully saturated rings. The Bertz CT molecular complexity index is 2430. The SMILES string of the molecule is CCC1C=C(C)C(O)C(C)CC(OC)C2OC(O)(C(=O)C(=O)N3CCCCC3C(=O)OC(C(C)=CC3CCC(Oc4ccc5c(ccn5Cc5ccccc5)c4)C(OC)C3)C(C)C(O)CC1=O)C(C)CC2OC. The number of cyclic esters (lactones) is 1. The van der Waals surface area contributed by atoms with Crippen LogP contribution in [0.4, 0.5) is 0 Å². The lowest BCUT2D eigenvalue weighted by molar-refractivity contribution is -0.302. The number of esters is 1. The zero-order chi connectivity index (χ0) is 52.7. The molecule has 1 saturated carbocycles. The lowest BCUT2D eigenvalue weighted by Gasteiger charge is -2.47. The van der Waals surface area contributed by atoms with Crippen molar-refractivity contribution in [3.8, 4) is 5.75 Å². The fourth-order valence-electron chi connectivity index (χ4n) is 11.8. The number of methoxy groups -OCH3 is 3. The predicted octanol–water partition coefficient (Wildman–Crippen LogP) is 7.53. The van der Waals surface area contributed by atoms with Gasteiger partial charge in [-0.25, -0.2) is 4.79 Å². The zero-order valence-electron chi connectivity index (χ0n) is 44.3. The van der Waals surface area contributed by atoms with Crippen molar-refractivity contribution < 1.29 is 62.9 Å². The average Bonchev–Trinajstić information content (AvgIpc) is 3.79. The van der Waals surface area contributed by atoms with Crippen LogP contribution < -0.4 is 4.74 Å². The fourth-order valence-corrected chi connectivity index (χ4v) is 11.8. The summed E-state index contributed by atoms with van der Waals surface area (Å²) in [6, 6.07) is 17.4. The highest BCUT2D eigenvalue weighted by molar-refractivity contribution is 6.39. The Labute approximate surface area is 431 Å². The molecule has 3 aliphatic heterocycles. The molecule has 1 aliphatic carbocycles. The molecule has 0 spiro atoms. The molecule has 2 aromatic carbocycles. The number of hydrogen-bond donors (Lipinski definition) is 3. The molecule has 15 unspecified atom stereocenters. The van der Waals surface area contributed by atoms with Gasteiger partial charge in [-0.15, -0.1) is 0 Å². The first-order valence-electron chi connectivity index (χ1n) is 26.5. The van der Waals surface area contributed by atoms with Gasteiger partial charge in [-0.05, 0) is 124 Å². The number of ketones is 2. The minimum absolute atomic E-state index is 0.0247. The van der Waals surface area contributed by atoms with Crippen LogP contribution in [0, 0.1) is 29.6 Å². The molecule has 3 aromatic rings. The van der Waals surface area contributed by atoms with Gasteiger partial charge in [0.05, 0.1) is 30.5 Å². The maximum absolute atomic E-state index is 14.6. The van der Waals surface area contributed by atoms with Gasteiger partial charge in [0.1, 0.15) is 35.9 Å². The van der Waals surface area contributed by atoms with E-state index in [1.165, 1.54) is 24.7 Å². The maximum atomic E-state index is 14.6. The lowest BCUT2D eigenvalue weighted by Crippen LogP contribution is -2.64. The number of nitrogens with zero attached hydrogens (tertiary/aromatic N) is 2. The number of carbonyl (C=O) groups is 4. The number of aromatic nitrogens is 1. The van der Waals surface area contributed by atoms with E-state index in [0.29, 0.717) is 43.3 Å². The minimum Gasteiger partial charge on any atom is -0.488 e. The van der Waals surface area contributed by atoms with Gasteiger partial charge in [0.15, 0.2) is 0 Å². The highest BCUT2D eigenvalue weighted by atomic mass is 16.7. The molecule has 15 atom stereocenters. The Morgan fingerprint density at radius 2 is 1.58 bits per heavy atom. The molecule has 7 rings (SSSR count). The summed E-state index contributed by atoms with van der Waals surface area (Å²) in [5.74, 6) is -7.88. The van der Waals surface area contributed by atoms with Crippen molar-refractivity contribution in [2.75, 3.05) is 27.9 Å². The van der Waals surface area contributed by atoms with Gasteiger partial charge in [0.2, 0.25) is 5.79 Å². The van der Waals surface area contributed by atoms with E-state index in [9.17, 15) is 34.5 Å². The number of aliphatic hydroxyl groups is 3. The molecule has 1 amide bonds. The monoisotopic (exact) mass is 1010 g/mol. The molecule has 15 heteroatoms. The molecule has 2 bridgehead atoms. The van der Waals surface area contributed by atoms with Crippen molar-refractivity contribution in [3.63, 3.8) is 0 Å². The van der Waals surface area contributed by atoms with Gasteiger partial charge in [-0.1, -0.05) is 70.2 Å². The summed E-state index contributed by atoms with van der Waals surface area (Å²) in [7, 11) is 4.63. The van der Waals surface area contributed by atoms with Crippen LogP contribution in [-0.4, -0.2) is 137 Å². The van der Waals surface area contributed by atoms with E-state index >= 15 is 0 Å². The van der Waals surface area contributed by atoms with Crippen molar-refractivity contribution >= 4 is 34.3 Å². The summed E-state index contributed by atoms with van der Waals surface area (Å²) in [6.07, 6.45) is 3.49. The number of benzene rings is 2. The van der Waals surface area contributed by atoms with Crippen molar-refractivity contribution in [1.82, 2.24) is 9.47 Å². The molecule has 400 valence electrons. The molecule has 4 aliphatic rings. The topological polar surface area (TPSA) is 193 Å². The molecule has 1 aromatic heterocycles. The second-order valence-electron chi connectivity index (χ2n) is 21.4. The predicted molar refractivity (Wildman–Crippen MR) is 275 cm³/mol. The van der Waals surface area contributed by atoms with Crippen molar-refractivity contribution in [1.29, 1.82) is 0 Å². The van der Waals surface area contributed by atoms with E-state index in [4.69, 9.17) is 28.4 Å². The van der Waals surface area contributed by atoms with Crippen LogP contribution in [-0.2, 0) is 49.4 Å². The summed E-state index contributed by atoms with van der Waals surface area (Å²) < 4.78 is 39.3. The Balaban J connectivity index is 1.15. The second-order valence-corrected chi connectivity index (χ2v) is 21.4. The highest BCUT2D eigenvalue weighted by Crippen LogP contribution is 2.40. The number of carbonyl (C=O) groups excluding carboxylic acids is 4. The van der Waals surface area contributed by atoms with E-state index in [-0.39, 0.29) is 56.1 Å². The van der Waals surface area contributed by atoms with E-state index in [2.05, 4.69) is 47.2 Å². The normalized spacial score (nSPS) is 34.9. The zero-order valence-corrected chi connectivity index (χ0v) is 44.3. The number of aliphatic hydroxyl groups excluding tert-OH is 2. The van der Waals surface area contributed by atoms with Gasteiger partial charge in [0.25, 0.3) is 11.7 Å². The number of amides is 1. The first kappa shape index (κ1) is 56.0. The van der Waals surface area contributed by atoms with Crippen molar-refractivity contribution in [3.05, 3.63) is 89.7 Å². The third-order valence-corrected chi connectivity index (χ3v) is 16.4. The smallest absolute Gasteiger partial charge is 0.329 e. The summed E-state index contributed by atoms with van der Waals surface area (Å²) in [5.41, 5.74) is 3.54. The quantitative estimate of drug-likeness (QED) is 0.103. The van der Waals surface area contributed by atoms with Crippen LogP contribution in [0.2, 0.25) is 0 Å². The summed E-state index contributed by atoms with van der Waals surface area (Å²) in [4.78, 5) is 58.8. The summed E-state index contributed by atoms with van der Waals surface area (Å²) >= 11 is 0. The highest BCUT2D eigenvalue weighted by Gasteiger charge is 2.57. The Morgan fingerprint density at radius 3 is 2.27 bits per heavy atom. The number of piperidine rings is 1. The first-order chi connectivity index (χ1) is 34.9. The van der Waals surface area contributed by atoms with Crippen LogP contribution in [0.1, 0.15) is 111 Å². The average molecular weight is 1010 g/mol.